The molecule has 5 N–H and O–H groups in total. The van der Waals surface area contributed by atoms with Crippen LogP contribution in [0.3, 0.4) is 0 Å². The lowest BCUT2D eigenvalue weighted by atomic mass is 9.93. The predicted molar refractivity (Wildman–Crippen MR) is 449 cm³/mol. The number of aryl methyl sites for hydroxylation is 3. The minimum Gasteiger partial charge on any atom is -0.462 e. The van der Waals surface area contributed by atoms with Gasteiger partial charge >= 0.3 is 25.7 Å². The molecule has 3 aromatic rings. The number of benzene rings is 3. The topological polar surface area (TPSA) is 260 Å². The Labute approximate surface area is 677 Å². The summed E-state index contributed by atoms with van der Waals surface area (Å²) in [6, 6.07) is 28.2. The Kier molecular flexibility index (Phi) is 58.2. The van der Waals surface area contributed by atoms with E-state index in [4.69, 9.17) is 28.2 Å². The SMILES string of the molecule is CCCCCCCCCCC[C@H](CC(=O)CCCO[C@@H]1OC(CO)[C@@H](OP(=O)(O)O)[C@H](NC(=O)C[C@@H](CCCCCCCCCCC)OC(=O)CCCCCCCc2ccccc2)C1NC(=O)C[C@@H](CCCCCCCCCCC)OC(=O)CCCCCCCc1ccccc1)OC(=O)CCCCCCCc1ccccc1. The molecule has 0 spiro atoms. The highest BCUT2D eigenvalue weighted by atomic mass is 31.2. The molecule has 2 amide bonds. The second-order valence-electron chi connectivity index (χ2n) is 32.0. The molecule has 1 saturated heterocycles. The van der Waals surface area contributed by atoms with Crippen molar-refractivity contribution >= 4 is 43.3 Å². The molecule has 636 valence electrons. The maximum absolute atomic E-state index is 14.9. The summed E-state index contributed by atoms with van der Waals surface area (Å²) in [4.78, 5) is 106. The second-order valence-corrected chi connectivity index (χ2v) is 33.2. The predicted octanol–water partition coefficient (Wildman–Crippen LogP) is 21.9. The summed E-state index contributed by atoms with van der Waals surface area (Å²) in [5.74, 6) is -2.62. The molecule has 2 unspecified atom stereocenters. The van der Waals surface area contributed by atoms with Gasteiger partial charge in [-0.3, -0.25) is 33.3 Å². The minimum atomic E-state index is -5.45. The summed E-state index contributed by atoms with van der Waals surface area (Å²) in [6.45, 7) is 5.61. The van der Waals surface area contributed by atoms with Crippen LogP contribution in [0.25, 0.3) is 0 Å². The first-order valence-corrected chi connectivity index (χ1v) is 46.5. The highest BCUT2D eigenvalue weighted by Crippen LogP contribution is 2.42. The number of unbranched alkanes of at least 4 members (excludes halogenated alkanes) is 36. The first-order chi connectivity index (χ1) is 54.6. The summed E-state index contributed by atoms with van der Waals surface area (Å²) < 4.78 is 49.8. The molecule has 0 aromatic heterocycles. The number of ketones is 1. The first-order valence-electron chi connectivity index (χ1n) is 45.0. The Balaban J connectivity index is 1.58. The van der Waals surface area contributed by atoms with Crippen molar-refractivity contribution in [3.8, 4) is 0 Å². The number of carbonyl (C=O) groups is 6. The Morgan fingerprint density at radius 2 is 0.688 bits per heavy atom. The normalized spacial score (nSPS) is 16.5. The molecule has 1 aliphatic rings. The van der Waals surface area contributed by atoms with Crippen molar-refractivity contribution in [3.63, 3.8) is 0 Å². The van der Waals surface area contributed by atoms with Gasteiger partial charge in [-0.15, -0.1) is 0 Å². The molecule has 0 radical (unpaired) electrons. The quantitative estimate of drug-likeness (QED) is 0.0152. The van der Waals surface area contributed by atoms with E-state index in [0.717, 1.165) is 173 Å². The van der Waals surface area contributed by atoms with Crippen LogP contribution >= 0.6 is 7.82 Å². The van der Waals surface area contributed by atoms with Crippen LogP contribution in [0.2, 0.25) is 0 Å². The average molecular weight is 1590 g/mol. The molecule has 4 rings (SSSR count). The van der Waals surface area contributed by atoms with Crippen LogP contribution in [-0.4, -0.2) is 113 Å². The molecular weight excluding hydrogens is 1430 g/mol. The smallest absolute Gasteiger partial charge is 0.462 e. The number of esters is 3. The molecule has 3 aromatic carbocycles. The third-order valence-electron chi connectivity index (χ3n) is 21.8. The van der Waals surface area contributed by atoms with Gasteiger partial charge in [0.05, 0.1) is 32.1 Å². The Bertz CT molecular complexity index is 2880. The van der Waals surface area contributed by atoms with E-state index in [9.17, 15) is 48.2 Å². The second kappa shape index (κ2) is 65.8. The largest absolute Gasteiger partial charge is 0.470 e. The maximum Gasteiger partial charge on any atom is 0.470 e. The van der Waals surface area contributed by atoms with E-state index in [2.05, 4.69) is 79.9 Å². The van der Waals surface area contributed by atoms with Gasteiger partial charge in [-0.05, 0) is 119 Å². The molecule has 19 heteroatoms. The highest BCUT2D eigenvalue weighted by molar-refractivity contribution is 7.46. The number of aliphatic hydroxyl groups excluding tert-OH is 1. The monoisotopic (exact) mass is 1590 g/mol. The van der Waals surface area contributed by atoms with E-state index in [1.54, 1.807) is 0 Å². The van der Waals surface area contributed by atoms with Gasteiger partial charge < -0.3 is 49.2 Å². The first kappa shape index (κ1) is 99.0. The standard InChI is InChI=1S/C93H153N2O16P/c1-4-7-10-13-16-19-22-31-49-66-81(107-87(100)69-52-34-25-28-40-56-77-59-43-37-44-60-77)73-80(97)65-55-72-106-93-91(95-86(99)75-83(68-51-33-24-21-18-15-12-9-6-3)109-89(102)71-54-36-27-30-42-58-79-63-47-39-48-64-79)90(92(84(76-96)110-93)111-112(103,104)105)94-85(98)74-82(67-50-32-23-20-17-14-11-8-5-2)108-88(101)70-53-35-26-29-41-57-78-61-45-38-46-62-78/h37-39,43-48,59-64,81-84,90-93,96H,4-36,40-42,49-58,65-76H2,1-3H3,(H,94,98)(H,95,99)(H2,103,104,105)/t81-,82-,83-,84?,90-,91?,92-,93-/m1/s1. The minimum absolute atomic E-state index is 0.0218. The number of ether oxygens (including phenoxy) is 5. The number of amides is 2. The van der Waals surface area contributed by atoms with Crippen molar-refractivity contribution in [1.82, 2.24) is 10.6 Å². The van der Waals surface area contributed by atoms with Gasteiger partial charge in [-0.1, -0.05) is 324 Å². The fourth-order valence-corrected chi connectivity index (χ4v) is 15.9. The number of phosphoric ester groups is 1. The third-order valence-corrected chi connectivity index (χ3v) is 22.3. The van der Waals surface area contributed by atoms with Gasteiger partial charge in [0.1, 0.15) is 42.3 Å². The van der Waals surface area contributed by atoms with E-state index in [1.807, 2.05) is 42.5 Å². The molecule has 0 saturated carbocycles. The summed E-state index contributed by atoms with van der Waals surface area (Å²) >= 11 is 0. The number of nitrogens with one attached hydrogen (secondary N) is 2. The van der Waals surface area contributed by atoms with Crippen molar-refractivity contribution in [2.75, 3.05) is 13.2 Å². The van der Waals surface area contributed by atoms with E-state index in [-0.39, 0.29) is 69.7 Å². The molecule has 0 bridgehead atoms. The molecule has 1 heterocycles. The summed E-state index contributed by atoms with van der Waals surface area (Å²) in [5.41, 5.74) is 3.92. The van der Waals surface area contributed by atoms with Crippen molar-refractivity contribution in [1.29, 1.82) is 0 Å². The summed E-state index contributed by atoms with van der Waals surface area (Å²) in [5, 5.41) is 16.9. The van der Waals surface area contributed by atoms with Crippen LogP contribution in [0.5, 0.6) is 0 Å². The Morgan fingerprint density at radius 1 is 0.384 bits per heavy atom. The Hall–Kier alpha value is -5.33. The zero-order valence-electron chi connectivity index (χ0n) is 69.9. The zero-order valence-corrected chi connectivity index (χ0v) is 70.8. The van der Waals surface area contributed by atoms with Crippen LogP contribution < -0.4 is 10.6 Å². The van der Waals surface area contributed by atoms with Crippen molar-refractivity contribution in [3.05, 3.63) is 108 Å². The van der Waals surface area contributed by atoms with Crippen LogP contribution in [0.1, 0.15) is 378 Å². The lowest BCUT2D eigenvalue weighted by Gasteiger charge is -2.46. The van der Waals surface area contributed by atoms with Crippen LogP contribution in [-0.2, 0) is 80.8 Å². The molecule has 112 heavy (non-hydrogen) atoms. The van der Waals surface area contributed by atoms with Gasteiger partial charge in [0.2, 0.25) is 11.8 Å². The van der Waals surface area contributed by atoms with Crippen molar-refractivity contribution in [2.24, 2.45) is 0 Å². The lowest BCUT2D eigenvalue weighted by molar-refractivity contribution is -0.247. The van der Waals surface area contributed by atoms with Gasteiger partial charge in [0.15, 0.2) is 6.29 Å². The molecule has 0 aliphatic carbocycles. The number of carbonyl (C=O) groups excluding carboxylic acids is 6. The van der Waals surface area contributed by atoms with Crippen molar-refractivity contribution < 1.29 is 76.4 Å². The number of aliphatic hydroxyl groups is 1. The number of rotatable bonds is 73. The fourth-order valence-electron chi connectivity index (χ4n) is 15.3. The summed E-state index contributed by atoms with van der Waals surface area (Å²) in [7, 11) is -5.45. The molecule has 18 nitrogen and oxygen atoms in total. The van der Waals surface area contributed by atoms with Gasteiger partial charge in [-0.25, -0.2) is 4.57 Å². The third kappa shape index (κ3) is 51.6. The van der Waals surface area contributed by atoms with Crippen LogP contribution in [0.15, 0.2) is 91.0 Å². The van der Waals surface area contributed by atoms with Crippen LogP contribution in [0.4, 0.5) is 0 Å². The average Bonchev–Trinajstić information content (AvgIpc) is 0.780. The van der Waals surface area contributed by atoms with E-state index in [0.29, 0.717) is 51.4 Å². The van der Waals surface area contributed by atoms with E-state index in [1.165, 1.54) is 100 Å². The Morgan fingerprint density at radius 3 is 1.02 bits per heavy atom. The molecule has 1 fully saturated rings. The molecular formula is C93H153N2O16P. The number of hydrogen-bond acceptors (Lipinski definition) is 14. The zero-order chi connectivity index (χ0) is 80.6. The van der Waals surface area contributed by atoms with Crippen LogP contribution in [0, 0.1) is 0 Å². The van der Waals surface area contributed by atoms with Gasteiger partial charge in [0, 0.05) is 32.1 Å². The van der Waals surface area contributed by atoms with Gasteiger partial charge in [0.25, 0.3) is 0 Å². The maximum atomic E-state index is 14.9. The van der Waals surface area contributed by atoms with Gasteiger partial charge in [-0.2, -0.15) is 0 Å². The fraction of sp³-hybridized carbons (Fsp3) is 0.742. The molecule has 8 atom stereocenters. The van der Waals surface area contributed by atoms with E-state index < -0.39 is 87.1 Å². The van der Waals surface area contributed by atoms with Crippen molar-refractivity contribution in [2.45, 2.75) is 429 Å². The highest BCUT2D eigenvalue weighted by Gasteiger charge is 2.51. The summed E-state index contributed by atoms with van der Waals surface area (Å²) in [6.07, 6.45) is 40.2. The number of hydrogen-bond donors (Lipinski definition) is 5. The number of phosphoric acid groups is 1. The van der Waals surface area contributed by atoms with E-state index >= 15 is 0 Å². The number of Topliss-reactive ketones (excluding diaryl/α,β-unsaturated/α-hetero) is 1. The lowest BCUT2D eigenvalue weighted by Crippen LogP contribution is -2.70. The molecule has 1 aliphatic heterocycles.